The van der Waals surface area contributed by atoms with Gasteiger partial charge in [-0.15, -0.1) is 0 Å². The first-order valence-electron chi connectivity index (χ1n) is 23.4. The van der Waals surface area contributed by atoms with Crippen molar-refractivity contribution in [2.75, 3.05) is 9.80 Å². The van der Waals surface area contributed by atoms with Gasteiger partial charge in [-0.05, 0) is 111 Å². The van der Waals surface area contributed by atoms with Crippen LogP contribution in [0.1, 0.15) is 0 Å². The standard InChI is InChI=1S/C66H47ClN2/c67-56-45-59(68(57-37-21-7-22-38-57)65-61(50-29-13-3-14-30-50)41-54(48-25-9-1-10-26-48)42-62(65)51-31-15-4-16-32-51)47-60(46-56)69(58-39-23-8-24-40-58)66-63(52-33-17-5-18-34-52)43-55(49-27-11-2-12-28-49)44-64(66)53-35-19-6-20-36-53/h1-47H. The van der Waals surface area contributed by atoms with E-state index >= 15 is 0 Å². The zero-order valence-corrected chi connectivity index (χ0v) is 38.7. The van der Waals surface area contributed by atoms with E-state index in [1.54, 1.807) is 0 Å². The van der Waals surface area contributed by atoms with Crippen LogP contribution >= 0.6 is 11.6 Å². The minimum absolute atomic E-state index is 0.608. The molecular weight excluding hydrogens is 856 g/mol. The van der Waals surface area contributed by atoms with E-state index in [-0.39, 0.29) is 0 Å². The second-order valence-corrected chi connectivity index (χ2v) is 17.5. The molecule has 3 heteroatoms. The summed E-state index contributed by atoms with van der Waals surface area (Å²) in [6.45, 7) is 0. The van der Waals surface area contributed by atoms with Gasteiger partial charge >= 0.3 is 0 Å². The average molecular weight is 904 g/mol. The van der Waals surface area contributed by atoms with E-state index in [1.165, 1.54) is 0 Å². The molecule has 69 heavy (non-hydrogen) atoms. The summed E-state index contributed by atoms with van der Waals surface area (Å²) in [5.41, 5.74) is 19.3. The zero-order valence-electron chi connectivity index (χ0n) is 37.9. The molecule has 0 aliphatic heterocycles. The van der Waals surface area contributed by atoms with Gasteiger partial charge < -0.3 is 9.80 Å². The lowest BCUT2D eigenvalue weighted by atomic mass is 9.89. The molecule has 0 aromatic heterocycles. The summed E-state index contributed by atoms with van der Waals surface area (Å²) < 4.78 is 0. The Morgan fingerprint density at radius 1 is 0.203 bits per heavy atom. The van der Waals surface area contributed by atoms with E-state index in [0.717, 1.165) is 101 Å². The van der Waals surface area contributed by atoms with Gasteiger partial charge in [0.1, 0.15) is 0 Å². The Kier molecular flexibility index (Phi) is 12.2. The molecule has 0 spiro atoms. The second kappa shape index (κ2) is 19.6. The maximum absolute atomic E-state index is 7.57. The van der Waals surface area contributed by atoms with E-state index < -0.39 is 0 Å². The zero-order chi connectivity index (χ0) is 46.4. The highest BCUT2D eigenvalue weighted by Gasteiger charge is 2.28. The minimum atomic E-state index is 0.608. The summed E-state index contributed by atoms with van der Waals surface area (Å²) >= 11 is 7.57. The van der Waals surface area contributed by atoms with Gasteiger partial charge in [-0.1, -0.05) is 230 Å². The van der Waals surface area contributed by atoms with E-state index in [0.29, 0.717) is 5.02 Å². The molecule has 0 atom stereocenters. The van der Waals surface area contributed by atoms with Crippen molar-refractivity contribution in [3.05, 3.63) is 290 Å². The molecule has 0 saturated carbocycles. The topological polar surface area (TPSA) is 6.48 Å². The maximum atomic E-state index is 7.57. The first kappa shape index (κ1) is 42.9. The van der Waals surface area contributed by atoms with Gasteiger partial charge in [0.25, 0.3) is 0 Å². The average Bonchev–Trinajstić information content (AvgIpc) is 3.43. The van der Waals surface area contributed by atoms with Crippen LogP contribution in [0.25, 0.3) is 66.8 Å². The van der Waals surface area contributed by atoms with Gasteiger partial charge in [0.15, 0.2) is 0 Å². The molecule has 11 aromatic carbocycles. The van der Waals surface area contributed by atoms with E-state index in [1.807, 2.05) is 0 Å². The van der Waals surface area contributed by atoms with Gasteiger partial charge in [0.05, 0.1) is 11.4 Å². The summed E-state index contributed by atoms with van der Waals surface area (Å²) in [5, 5.41) is 0.608. The fourth-order valence-corrected chi connectivity index (χ4v) is 9.71. The third-order valence-corrected chi connectivity index (χ3v) is 12.9. The summed E-state index contributed by atoms with van der Waals surface area (Å²) in [7, 11) is 0. The van der Waals surface area contributed by atoms with Crippen LogP contribution in [0.5, 0.6) is 0 Å². The lowest BCUT2D eigenvalue weighted by Gasteiger charge is -2.34. The van der Waals surface area contributed by atoms with Crippen molar-refractivity contribution in [3.63, 3.8) is 0 Å². The van der Waals surface area contributed by atoms with Crippen molar-refractivity contribution in [2.45, 2.75) is 0 Å². The summed E-state index contributed by atoms with van der Waals surface area (Å²) in [4.78, 5) is 4.79. The molecule has 0 amide bonds. The van der Waals surface area contributed by atoms with Crippen LogP contribution < -0.4 is 9.80 Å². The summed E-state index contributed by atoms with van der Waals surface area (Å²) in [5.74, 6) is 0. The lowest BCUT2D eigenvalue weighted by molar-refractivity contribution is 1.25. The molecule has 0 bridgehead atoms. The maximum Gasteiger partial charge on any atom is 0.0618 e. The molecule has 11 rings (SSSR count). The van der Waals surface area contributed by atoms with Crippen LogP contribution in [-0.2, 0) is 0 Å². The molecule has 0 saturated heterocycles. The largest absolute Gasteiger partial charge is 0.309 e. The summed E-state index contributed by atoms with van der Waals surface area (Å²) in [6.07, 6.45) is 0. The SMILES string of the molecule is Clc1cc(N(c2ccccc2)c2c(-c3ccccc3)cc(-c3ccccc3)cc2-c2ccccc2)cc(N(c2ccccc2)c2c(-c3ccccc3)cc(-c3ccccc3)cc2-c2ccccc2)c1. The fourth-order valence-electron chi connectivity index (χ4n) is 9.48. The second-order valence-electron chi connectivity index (χ2n) is 17.0. The fraction of sp³-hybridized carbons (Fsp3) is 0. The van der Waals surface area contributed by atoms with Gasteiger partial charge in [-0.3, -0.25) is 0 Å². The molecule has 2 nitrogen and oxygen atoms in total. The Bertz CT molecular complexity index is 3110. The number of halogens is 1. The Morgan fingerprint density at radius 2 is 0.435 bits per heavy atom. The van der Waals surface area contributed by atoms with Crippen LogP contribution in [0.3, 0.4) is 0 Å². The third kappa shape index (κ3) is 8.98. The lowest BCUT2D eigenvalue weighted by Crippen LogP contribution is -2.16. The third-order valence-electron chi connectivity index (χ3n) is 12.6. The molecule has 0 fully saturated rings. The van der Waals surface area contributed by atoms with Gasteiger partial charge in [0.2, 0.25) is 0 Å². The highest BCUT2D eigenvalue weighted by Crippen LogP contribution is 2.53. The van der Waals surface area contributed by atoms with Crippen molar-refractivity contribution in [2.24, 2.45) is 0 Å². The normalized spacial score (nSPS) is 11.0. The van der Waals surface area contributed by atoms with Crippen molar-refractivity contribution in [1.29, 1.82) is 0 Å². The molecule has 0 N–H and O–H groups in total. The smallest absolute Gasteiger partial charge is 0.0618 e. The number of para-hydroxylation sites is 2. The van der Waals surface area contributed by atoms with Crippen LogP contribution in [0.4, 0.5) is 34.1 Å². The van der Waals surface area contributed by atoms with E-state index in [4.69, 9.17) is 11.6 Å². The van der Waals surface area contributed by atoms with Crippen LogP contribution in [0.15, 0.2) is 285 Å². The van der Waals surface area contributed by atoms with Gasteiger partial charge in [0, 0.05) is 50.0 Å². The number of nitrogens with zero attached hydrogens (tertiary/aromatic N) is 2. The number of hydrogen-bond donors (Lipinski definition) is 0. The Hall–Kier alpha value is -8.69. The highest BCUT2D eigenvalue weighted by molar-refractivity contribution is 6.31. The molecule has 0 aliphatic rings. The van der Waals surface area contributed by atoms with Crippen molar-refractivity contribution in [1.82, 2.24) is 0 Å². The number of benzene rings is 11. The molecule has 0 radical (unpaired) electrons. The predicted octanol–water partition coefficient (Wildman–Crippen LogP) is 19.3. The van der Waals surface area contributed by atoms with Crippen LogP contribution in [0, 0.1) is 0 Å². The molecule has 328 valence electrons. The Labute approximate surface area is 410 Å². The quantitative estimate of drug-likeness (QED) is 0.121. The number of hydrogen-bond acceptors (Lipinski definition) is 2. The molecule has 0 aliphatic carbocycles. The first-order valence-corrected chi connectivity index (χ1v) is 23.7. The number of rotatable bonds is 12. The Balaban J connectivity index is 1.23. The first-order chi connectivity index (χ1) is 34.2. The molecular formula is C66H47ClN2. The van der Waals surface area contributed by atoms with Gasteiger partial charge in [-0.2, -0.15) is 0 Å². The van der Waals surface area contributed by atoms with Crippen LogP contribution in [0.2, 0.25) is 5.02 Å². The van der Waals surface area contributed by atoms with Crippen molar-refractivity contribution < 1.29 is 0 Å². The van der Waals surface area contributed by atoms with Crippen molar-refractivity contribution >= 4 is 45.7 Å². The summed E-state index contributed by atoms with van der Waals surface area (Å²) in [6, 6.07) is 102. The van der Waals surface area contributed by atoms with E-state index in [2.05, 4.69) is 295 Å². The van der Waals surface area contributed by atoms with E-state index in [9.17, 15) is 0 Å². The van der Waals surface area contributed by atoms with Crippen molar-refractivity contribution in [3.8, 4) is 66.8 Å². The minimum Gasteiger partial charge on any atom is -0.309 e. The molecule has 11 aromatic rings. The van der Waals surface area contributed by atoms with Gasteiger partial charge in [-0.25, -0.2) is 0 Å². The molecule has 0 heterocycles. The molecule has 0 unspecified atom stereocenters. The number of anilines is 6. The highest BCUT2D eigenvalue weighted by atomic mass is 35.5. The predicted molar refractivity (Wildman–Crippen MR) is 293 cm³/mol. The Morgan fingerprint density at radius 3 is 0.696 bits per heavy atom. The monoisotopic (exact) mass is 902 g/mol. The van der Waals surface area contributed by atoms with Crippen LogP contribution in [-0.4, -0.2) is 0 Å².